The molecule has 0 atom stereocenters. The molecule has 0 radical (unpaired) electrons. The minimum Gasteiger partial charge on any atom is -0.481 e. The number of nitrogens with one attached hydrogen (secondary N) is 1. The van der Waals surface area contributed by atoms with Crippen molar-refractivity contribution in [3.63, 3.8) is 0 Å². The average molecular weight is 292 g/mol. The second-order valence-electron chi connectivity index (χ2n) is 4.75. The highest BCUT2D eigenvalue weighted by atomic mass is 16.4. The molecule has 1 aromatic carbocycles. The number of hydrogen-bond acceptors (Lipinski definition) is 3. The molecule has 0 saturated heterocycles. The maximum absolute atomic E-state index is 11.7. The Morgan fingerprint density at radius 1 is 1.19 bits per heavy atom. The Balaban J connectivity index is 2.25. The maximum atomic E-state index is 11.7. The number of nitrogens with zero attached hydrogens (tertiary/aromatic N) is 1. The molecule has 0 aliphatic carbocycles. The molecule has 21 heavy (non-hydrogen) atoms. The molecule has 1 aromatic rings. The van der Waals surface area contributed by atoms with Crippen LogP contribution >= 0.6 is 0 Å². The predicted octanol–water partition coefficient (Wildman–Crippen LogP) is 0.669. The molecule has 2 amide bonds. The van der Waals surface area contributed by atoms with E-state index >= 15 is 0 Å². The fourth-order valence-electron chi connectivity index (χ4n) is 1.75. The Hall–Kier alpha value is -2.37. The van der Waals surface area contributed by atoms with Gasteiger partial charge in [0.25, 0.3) is 0 Å². The zero-order valence-corrected chi connectivity index (χ0v) is 12.0. The first-order valence-electron chi connectivity index (χ1n) is 6.75. The van der Waals surface area contributed by atoms with E-state index in [4.69, 9.17) is 5.11 Å². The Morgan fingerprint density at radius 2 is 1.86 bits per heavy atom. The fraction of sp³-hybridized carbons (Fsp3) is 0.400. The SMILES string of the molecule is CN(CCCC(=O)O)C(=O)CNC(=O)Cc1ccccc1. The van der Waals surface area contributed by atoms with Crippen molar-refractivity contribution in [1.29, 1.82) is 0 Å². The van der Waals surface area contributed by atoms with Crippen molar-refractivity contribution in [3.05, 3.63) is 35.9 Å². The van der Waals surface area contributed by atoms with Crippen LogP contribution in [0.25, 0.3) is 0 Å². The number of carbonyl (C=O) groups is 3. The smallest absolute Gasteiger partial charge is 0.303 e. The monoisotopic (exact) mass is 292 g/mol. The summed E-state index contributed by atoms with van der Waals surface area (Å²) in [5.74, 6) is -1.33. The summed E-state index contributed by atoms with van der Waals surface area (Å²) in [6.45, 7) is 0.287. The summed E-state index contributed by atoms with van der Waals surface area (Å²) in [6, 6.07) is 9.27. The molecule has 6 heteroatoms. The third-order valence-corrected chi connectivity index (χ3v) is 2.95. The van der Waals surface area contributed by atoms with Crippen molar-refractivity contribution >= 4 is 17.8 Å². The first-order chi connectivity index (χ1) is 9.99. The number of carboxylic acids is 1. The van der Waals surface area contributed by atoms with Crippen LogP contribution in [0.4, 0.5) is 0 Å². The number of benzene rings is 1. The number of hydrogen-bond donors (Lipinski definition) is 2. The summed E-state index contributed by atoms with van der Waals surface area (Å²) in [5.41, 5.74) is 0.886. The molecule has 6 nitrogen and oxygen atoms in total. The molecule has 0 aliphatic rings. The third kappa shape index (κ3) is 7.10. The van der Waals surface area contributed by atoms with E-state index in [1.165, 1.54) is 4.90 Å². The first kappa shape index (κ1) is 16.7. The molecule has 0 saturated carbocycles. The highest BCUT2D eigenvalue weighted by molar-refractivity contribution is 5.85. The van der Waals surface area contributed by atoms with Gasteiger partial charge in [-0.25, -0.2) is 0 Å². The van der Waals surface area contributed by atoms with Crippen LogP contribution in [0.5, 0.6) is 0 Å². The lowest BCUT2D eigenvalue weighted by Gasteiger charge is -2.16. The van der Waals surface area contributed by atoms with Crippen LogP contribution in [0.15, 0.2) is 30.3 Å². The summed E-state index contributed by atoms with van der Waals surface area (Å²) in [4.78, 5) is 35.2. The van der Waals surface area contributed by atoms with Gasteiger partial charge in [0.05, 0.1) is 13.0 Å². The molecule has 2 N–H and O–H groups in total. The third-order valence-electron chi connectivity index (χ3n) is 2.95. The van der Waals surface area contributed by atoms with Gasteiger partial charge in [-0.1, -0.05) is 30.3 Å². The van der Waals surface area contributed by atoms with Gasteiger partial charge in [-0.2, -0.15) is 0 Å². The van der Waals surface area contributed by atoms with Gasteiger partial charge in [0.2, 0.25) is 11.8 Å². The van der Waals surface area contributed by atoms with Crippen molar-refractivity contribution in [2.24, 2.45) is 0 Å². The zero-order chi connectivity index (χ0) is 15.7. The summed E-state index contributed by atoms with van der Waals surface area (Å²) in [5, 5.41) is 11.1. The summed E-state index contributed by atoms with van der Waals surface area (Å²) < 4.78 is 0. The average Bonchev–Trinajstić information content (AvgIpc) is 2.45. The van der Waals surface area contributed by atoms with E-state index in [0.29, 0.717) is 13.0 Å². The van der Waals surface area contributed by atoms with Crippen LogP contribution in [0.1, 0.15) is 18.4 Å². The summed E-state index contributed by atoms with van der Waals surface area (Å²) in [6.07, 6.45) is 0.657. The number of likely N-dealkylation sites (N-methyl/N-ethyl adjacent to an activating group) is 1. The van der Waals surface area contributed by atoms with E-state index in [2.05, 4.69) is 5.32 Å². The van der Waals surface area contributed by atoms with Crippen LogP contribution < -0.4 is 5.32 Å². The normalized spacial score (nSPS) is 9.95. The van der Waals surface area contributed by atoms with Crippen LogP contribution in [0.3, 0.4) is 0 Å². The van der Waals surface area contributed by atoms with Crippen molar-refractivity contribution in [3.8, 4) is 0 Å². The minimum atomic E-state index is -0.882. The second kappa shape index (κ2) is 8.73. The van der Waals surface area contributed by atoms with E-state index in [1.54, 1.807) is 7.05 Å². The number of amides is 2. The molecule has 0 unspecified atom stereocenters. The van der Waals surface area contributed by atoms with Gasteiger partial charge in [0.1, 0.15) is 0 Å². The lowest BCUT2D eigenvalue weighted by molar-refractivity contribution is -0.137. The molecule has 1 rings (SSSR count). The molecular weight excluding hydrogens is 272 g/mol. The Kier molecular flexibility index (Phi) is 6.94. The van der Waals surface area contributed by atoms with Crippen LogP contribution in [-0.2, 0) is 20.8 Å². The molecule has 0 bridgehead atoms. The Labute approximate surface area is 123 Å². The summed E-state index contributed by atoms with van der Waals surface area (Å²) >= 11 is 0. The molecule has 0 spiro atoms. The second-order valence-corrected chi connectivity index (χ2v) is 4.75. The fourth-order valence-corrected chi connectivity index (χ4v) is 1.75. The van der Waals surface area contributed by atoms with Gasteiger partial charge in [-0.15, -0.1) is 0 Å². The van der Waals surface area contributed by atoms with Crippen molar-refractivity contribution in [1.82, 2.24) is 10.2 Å². The number of rotatable bonds is 8. The lowest BCUT2D eigenvalue weighted by atomic mass is 10.1. The van der Waals surface area contributed by atoms with Gasteiger partial charge in [0, 0.05) is 20.0 Å². The first-order valence-corrected chi connectivity index (χ1v) is 6.75. The number of carbonyl (C=O) groups excluding carboxylic acids is 2. The molecule has 114 valence electrons. The highest BCUT2D eigenvalue weighted by Crippen LogP contribution is 1.99. The Bertz CT molecular complexity index is 488. The number of aliphatic carboxylic acids is 1. The van der Waals surface area contributed by atoms with E-state index in [1.807, 2.05) is 30.3 Å². The van der Waals surface area contributed by atoms with Gasteiger partial charge in [-0.3, -0.25) is 14.4 Å². The molecule has 0 aliphatic heterocycles. The van der Waals surface area contributed by atoms with Gasteiger partial charge < -0.3 is 15.3 Å². The van der Waals surface area contributed by atoms with Crippen LogP contribution in [-0.4, -0.2) is 47.9 Å². The number of carboxylic acid groups (broad SMARTS) is 1. The topological polar surface area (TPSA) is 86.7 Å². The highest BCUT2D eigenvalue weighted by Gasteiger charge is 2.11. The molecular formula is C15H20N2O4. The van der Waals surface area contributed by atoms with E-state index in [9.17, 15) is 14.4 Å². The van der Waals surface area contributed by atoms with Gasteiger partial charge >= 0.3 is 5.97 Å². The van der Waals surface area contributed by atoms with Crippen LogP contribution in [0.2, 0.25) is 0 Å². The zero-order valence-electron chi connectivity index (χ0n) is 12.0. The van der Waals surface area contributed by atoms with E-state index in [-0.39, 0.29) is 31.2 Å². The largest absolute Gasteiger partial charge is 0.481 e. The summed E-state index contributed by atoms with van der Waals surface area (Å²) in [7, 11) is 1.59. The molecule has 0 fully saturated rings. The van der Waals surface area contributed by atoms with Crippen molar-refractivity contribution in [2.45, 2.75) is 19.3 Å². The van der Waals surface area contributed by atoms with Gasteiger partial charge in [-0.05, 0) is 12.0 Å². The van der Waals surface area contributed by atoms with Gasteiger partial charge in [0.15, 0.2) is 0 Å². The predicted molar refractivity (Wildman–Crippen MR) is 77.7 cm³/mol. The van der Waals surface area contributed by atoms with Crippen LogP contribution in [0, 0.1) is 0 Å². The van der Waals surface area contributed by atoms with E-state index < -0.39 is 5.97 Å². The Morgan fingerprint density at radius 3 is 2.48 bits per heavy atom. The van der Waals surface area contributed by atoms with E-state index in [0.717, 1.165) is 5.56 Å². The molecule has 0 heterocycles. The quantitative estimate of drug-likeness (QED) is 0.737. The maximum Gasteiger partial charge on any atom is 0.303 e. The van der Waals surface area contributed by atoms with Crippen molar-refractivity contribution < 1.29 is 19.5 Å². The minimum absolute atomic E-state index is 0.0258. The standard InChI is InChI=1S/C15H20N2O4/c1-17(9-5-8-15(20)21)14(19)11-16-13(18)10-12-6-3-2-4-7-12/h2-4,6-7H,5,8-11H2,1H3,(H,16,18)(H,20,21). The lowest BCUT2D eigenvalue weighted by Crippen LogP contribution is -2.39. The molecule has 0 aromatic heterocycles. The van der Waals surface area contributed by atoms with Crippen molar-refractivity contribution in [2.75, 3.05) is 20.1 Å².